The number of halogens is 1. The third kappa shape index (κ3) is 3.31. The average molecular weight is 367 g/mol. The molecule has 0 aliphatic heterocycles. The molecule has 1 aromatic carbocycles. The number of hydrogen-bond donors (Lipinski definition) is 1. The molecular weight excluding hydrogens is 357 g/mol. The van der Waals surface area contributed by atoms with E-state index in [-0.39, 0.29) is 0 Å². The van der Waals surface area contributed by atoms with Gasteiger partial charge in [-0.25, -0.2) is 4.98 Å². The summed E-state index contributed by atoms with van der Waals surface area (Å²) in [5.74, 6) is 0. The number of hydrogen-bond acceptors (Lipinski definition) is 4. The molecule has 0 aliphatic rings. The molecule has 0 unspecified atom stereocenters. The number of aromatic nitrogens is 1. The summed E-state index contributed by atoms with van der Waals surface area (Å²) in [5, 5.41) is 14.9. The maximum absolute atomic E-state index is 9.12. The zero-order chi connectivity index (χ0) is 13.0. The van der Waals surface area contributed by atoms with Crippen molar-refractivity contribution < 1.29 is 0 Å². The Morgan fingerprint density at radius 3 is 2.72 bits per heavy atom. The Balaban J connectivity index is 2.16. The van der Waals surface area contributed by atoms with Crippen LogP contribution in [0.25, 0.3) is 5.57 Å². The maximum atomic E-state index is 9.12. The van der Waals surface area contributed by atoms with E-state index in [4.69, 9.17) is 5.26 Å². The minimum Gasteiger partial charge on any atom is -0.360 e. The lowest BCUT2D eigenvalue weighted by Crippen LogP contribution is -1.90. The Labute approximate surface area is 123 Å². The van der Waals surface area contributed by atoms with Gasteiger partial charge in [-0.15, -0.1) is 11.3 Å². The Morgan fingerprint density at radius 1 is 1.44 bits per heavy atom. The van der Waals surface area contributed by atoms with Crippen LogP contribution in [0.5, 0.6) is 0 Å². The Kier molecular flexibility index (Phi) is 4.33. The SMILES string of the molecule is Cc1csc(/C(C#N)=C/Nc2ccc(I)cc2)n1. The minimum absolute atomic E-state index is 0.548. The summed E-state index contributed by atoms with van der Waals surface area (Å²) in [6.07, 6.45) is 1.69. The molecule has 2 rings (SSSR count). The van der Waals surface area contributed by atoms with Crippen molar-refractivity contribution >= 4 is 45.2 Å². The zero-order valence-electron chi connectivity index (χ0n) is 9.64. The van der Waals surface area contributed by atoms with Gasteiger partial charge in [0.15, 0.2) is 0 Å². The summed E-state index contributed by atoms with van der Waals surface area (Å²) in [7, 11) is 0. The lowest BCUT2D eigenvalue weighted by molar-refractivity contribution is 1.24. The number of nitriles is 1. The monoisotopic (exact) mass is 367 g/mol. The van der Waals surface area contributed by atoms with Crippen LogP contribution in [0.4, 0.5) is 5.69 Å². The van der Waals surface area contributed by atoms with Gasteiger partial charge >= 0.3 is 0 Å². The Morgan fingerprint density at radius 2 is 2.17 bits per heavy atom. The lowest BCUT2D eigenvalue weighted by atomic mass is 10.3. The number of nitrogens with zero attached hydrogens (tertiary/aromatic N) is 2. The summed E-state index contributed by atoms with van der Waals surface area (Å²) in [5.41, 5.74) is 2.44. The number of thiazole rings is 1. The predicted molar refractivity (Wildman–Crippen MR) is 83.2 cm³/mol. The fourth-order valence-electron chi connectivity index (χ4n) is 1.32. The molecule has 0 atom stereocenters. The molecule has 0 saturated carbocycles. The van der Waals surface area contributed by atoms with Gasteiger partial charge in [-0.3, -0.25) is 0 Å². The second kappa shape index (κ2) is 5.98. The van der Waals surface area contributed by atoms with E-state index in [9.17, 15) is 0 Å². The first-order chi connectivity index (χ1) is 8.69. The van der Waals surface area contributed by atoms with Gasteiger partial charge < -0.3 is 5.32 Å². The molecule has 18 heavy (non-hydrogen) atoms. The van der Waals surface area contributed by atoms with Gasteiger partial charge in [0.2, 0.25) is 0 Å². The number of rotatable bonds is 3. The highest BCUT2D eigenvalue weighted by molar-refractivity contribution is 14.1. The predicted octanol–water partition coefficient (Wildman–Crippen LogP) is 4.03. The zero-order valence-corrected chi connectivity index (χ0v) is 12.6. The number of nitrogens with one attached hydrogen (secondary N) is 1. The molecule has 0 radical (unpaired) electrons. The number of benzene rings is 1. The molecule has 0 amide bonds. The van der Waals surface area contributed by atoms with E-state index in [2.05, 4.69) is 39.0 Å². The van der Waals surface area contributed by atoms with Crippen molar-refractivity contribution in [2.75, 3.05) is 5.32 Å². The molecule has 0 aliphatic carbocycles. The van der Waals surface area contributed by atoms with E-state index < -0.39 is 0 Å². The highest BCUT2D eigenvalue weighted by Crippen LogP contribution is 2.19. The van der Waals surface area contributed by atoms with Gasteiger partial charge in [-0.05, 0) is 53.8 Å². The van der Waals surface area contributed by atoms with Gasteiger partial charge in [-0.2, -0.15) is 5.26 Å². The van der Waals surface area contributed by atoms with Crippen LogP contribution in [0, 0.1) is 21.8 Å². The van der Waals surface area contributed by atoms with Crippen LogP contribution in [0.3, 0.4) is 0 Å². The largest absolute Gasteiger partial charge is 0.360 e. The molecule has 1 heterocycles. The highest BCUT2D eigenvalue weighted by Gasteiger charge is 2.04. The standard InChI is InChI=1S/C13H10IN3S/c1-9-8-18-13(17-9)10(6-15)7-16-12-4-2-11(14)3-5-12/h2-5,7-8,16H,1H3/b10-7+. The number of anilines is 1. The van der Waals surface area contributed by atoms with E-state index in [1.807, 2.05) is 36.6 Å². The van der Waals surface area contributed by atoms with Crippen molar-refractivity contribution in [3.63, 3.8) is 0 Å². The molecule has 0 saturated heterocycles. The van der Waals surface area contributed by atoms with E-state index >= 15 is 0 Å². The van der Waals surface area contributed by atoms with Crippen LogP contribution in [0.2, 0.25) is 0 Å². The van der Waals surface area contributed by atoms with Crippen molar-refractivity contribution in [3.8, 4) is 6.07 Å². The van der Waals surface area contributed by atoms with Gasteiger partial charge in [0, 0.05) is 26.5 Å². The quantitative estimate of drug-likeness (QED) is 0.658. The summed E-state index contributed by atoms with van der Waals surface area (Å²) in [4.78, 5) is 4.29. The number of aryl methyl sites for hydroxylation is 1. The highest BCUT2D eigenvalue weighted by atomic mass is 127. The van der Waals surface area contributed by atoms with Gasteiger partial charge in [-0.1, -0.05) is 0 Å². The maximum Gasteiger partial charge on any atom is 0.135 e. The van der Waals surface area contributed by atoms with Crippen LogP contribution in [-0.2, 0) is 0 Å². The van der Waals surface area contributed by atoms with Crippen LogP contribution in [-0.4, -0.2) is 4.98 Å². The Hall–Kier alpha value is -1.39. The first-order valence-electron chi connectivity index (χ1n) is 5.24. The van der Waals surface area contributed by atoms with Crippen molar-refractivity contribution in [2.24, 2.45) is 0 Å². The second-order valence-electron chi connectivity index (χ2n) is 3.62. The molecular formula is C13H10IN3S. The molecule has 0 bridgehead atoms. The summed E-state index contributed by atoms with van der Waals surface area (Å²) >= 11 is 3.73. The van der Waals surface area contributed by atoms with Crippen LogP contribution < -0.4 is 5.32 Å². The fraction of sp³-hybridized carbons (Fsp3) is 0.0769. The van der Waals surface area contributed by atoms with Crippen molar-refractivity contribution in [1.82, 2.24) is 4.98 Å². The molecule has 0 fully saturated rings. The van der Waals surface area contributed by atoms with E-state index in [0.717, 1.165) is 16.4 Å². The van der Waals surface area contributed by atoms with Crippen LogP contribution in [0.1, 0.15) is 10.7 Å². The topological polar surface area (TPSA) is 48.7 Å². The van der Waals surface area contributed by atoms with E-state index in [1.165, 1.54) is 14.9 Å². The molecule has 90 valence electrons. The third-order valence-corrected chi connectivity index (χ3v) is 3.91. The van der Waals surface area contributed by atoms with Crippen molar-refractivity contribution in [2.45, 2.75) is 6.92 Å². The number of allylic oxidation sites excluding steroid dienone is 1. The minimum atomic E-state index is 0.548. The lowest BCUT2D eigenvalue weighted by Gasteiger charge is -2.01. The fourth-order valence-corrected chi connectivity index (χ4v) is 2.44. The first-order valence-corrected chi connectivity index (χ1v) is 7.20. The van der Waals surface area contributed by atoms with Gasteiger partial charge in [0.05, 0.1) is 0 Å². The molecule has 1 N–H and O–H groups in total. The van der Waals surface area contributed by atoms with Gasteiger partial charge in [0.25, 0.3) is 0 Å². The molecule has 2 aromatic rings. The summed E-state index contributed by atoms with van der Waals surface area (Å²) in [6, 6.07) is 10.1. The molecule has 0 spiro atoms. The molecule has 3 nitrogen and oxygen atoms in total. The van der Waals surface area contributed by atoms with E-state index in [1.54, 1.807) is 6.20 Å². The smallest absolute Gasteiger partial charge is 0.135 e. The van der Waals surface area contributed by atoms with Crippen LogP contribution in [0.15, 0.2) is 35.8 Å². The summed E-state index contributed by atoms with van der Waals surface area (Å²) < 4.78 is 1.18. The van der Waals surface area contributed by atoms with Crippen molar-refractivity contribution in [3.05, 3.63) is 50.1 Å². The first kappa shape index (κ1) is 13.1. The van der Waals surface area contributed by atoms with E-state index in [0.29, 0.717) is 5.57 Å². The molecule has 1 aromatic heterocycles. The average Bonchev–Trinajstić information content (AvgIpc) is 2.79. The van der Waals surface area contributed by atoms with Crippen molar-refractivity contribution in [1.29, 1.82) is 5.26 Å². The van der Waals surface area contributed by atoms with Crippen LogP contribution >= 0.6 is 33.9 Å². The Bertz CT molecular complexity index is 608. The third-order valence-electron chi connectivity index (χ3n) is 2.20. The molecule has 5 heteroatoms. The van der Waals surface area contributed by atoms with Gasteiger partial charge in [0.1, 0.15) is 16.6 Å². The summed E-state index contributed by atoms with van der Waals surface area (Å²) in [6.45, 7) is 1.92. The second-order valence-corrected chi connectivity index (χ2v) is 5.72. The normalized spacial score (nSPS) is 11.1.